The molecule has 1 fully saturated rings. The lowest BCUT2D eigenvalue weighted by molar-refractivity contribution is -0.122. The van der Waals surface area contributed by atoms with E-state index >= 15 is 0 Å². The molecule has 0 radical (unpaired) electrons. The van der Waals surface area contributed by atoms with Gasteiger partial charge in [-0.3, -0.25) is 14.0 Å². The Kier molecular flexibility index (Phi) is 8.14. The second-order valence-corrected chi connectivity index (χ2v) is 10.4. The average Bonchev–Trinajstić information content (AvgIpc) is 3.25. The third-order valence-electron chi connectivity index (χ3n) is 5.58. The highest BCUT2D eigenvalue weighted by Crippen LogP contribution is 2.27. The molecule has 3 rings (SSSR count). The molecule has 0 aromatic heterocycles. The molecule has 2 aromatic rings. The van der Waals surface area contributed by atoms with Crippen molar-refractivity contribution in [1.29, 1.82) is 0 Å². The van der Waals surface area contributed by atoms with Gasteiger partial charge in [0.05, 0.1) is 17.0 Å². The molecule has 0 aliphatic carbocycles. The van der Waals surface area contributed by atoms with E-state index in [2.05, 4.69) is 22.3 Å². The van der Waals surface area contributed by atoms with Crippen LogP contribution in [0.15, 0.2) is 42.5 Å². The second-order valence-electron chi connectivity index (χ2n) is 8.10. The summed E-state index contributed by atoms with van der Waals surface area (Å²) < 4.78 is 39.5. The third kappa shape index (κ3) is 6.21. The number of carbonyl (C=O) groups is 1. The van der Waals surface area contributed by atoms with E-state index in [1.807, 2.05) is 12.1 Å². The van der Waals surface area contributed by atoms with Gasteiger partial charge in [0.2, 0.25) is 15.9 Å². The first-order valence-electron chi connectivity index (χ1n) is 10.7. The van der Waals surface area contributed by atoms with E-state index < -0.39 is 27.8 Å². The van der Waals surface area contributed by atoms with Gasteiger partial charge in [-0.2, -0.15) is 0 Å². The number of sulfonamides is 1. The molecule has 1 aliphatic rings. The summed E-state index contributed by atoms with van der Waals surface area (Å²) in [6.45, 7) is 5.19. The van der Waals surface area contributed by atoms with Crippen LogP contribution in [-0.4, -0.2) is 44.6 Å². The molecular formula is C23H29ClFN3O3S. The topological polar surface area (TPSA) is 69.7 Å². The number of nitrogens with zero attached hydrogens (tertiary/aromatic N) is 2. The van der Waals surface area contributed by atoms with Gasteiger partial charge in [-0.1, -0.05) is 42.8 Å². The van der Waals surface area contributed by atoms with Crippen LogP contribution in [0.4, 0.5) is 10.1 Å². The van der Waals surface area contributed by atoms with Gasteiger partial charge in [-0.05, 0) is 61.7 Å². The highest BCUT2D eigenvalue weighted by atomic mass is 35.5. The predicted molar refractivity (Wildman–Crippen MR) is 126 cm³/mol. The van der Waals surface area contributed by atoms with Gasteiger partial charge in [0.25, 0.3) is 0 Å². The van der Waals surface area contributed by atoms with Crippen molar-refractivity contribution in [1.82, 2.24) is 10.2 Å². The van der Waals surface area contributed by atoms with Gasteiger partial charge >= 0.3 is 0 Å². The van der Waals surface area contributed by atoms with Crippen LogP contribution < -0.4 is 9.62 Å². The first kappa shape index (κ1) is 24.5. The molecule has 0 bridgehead atoms. The molecule has 1 saturated heterocycles. The lowest BCUT2D eigenvalue weighted by atomic mass is 10.1. The molecule has 0 spiro atoms. The number of anilines is 1. The number of likely N-dealkylation sites (tertiary alicyclic amines) is 1. The number of amides is 1. The summed E-state index contributed by atoms with van der Waals surface area (Å²) in [6, 6.07) is 10.7. The summed E-state index contributed by atoms with van der Waals surface area (Å²) in [6.07, 6.45) is 3.75. The Morgan fingerprint density at radius 1 is 1.16 bits per heavy atom. The van der Waals surface area contributed by atoms with E-state index in [0.29, 0.717) is 0 Å². The van der Waals surface area contributed by atoms with Crippen LogP contribution in [0, 0.1) is 5.82 Å². The van der Waals surface area contributed by atoms with E-state index in [1.54, 1.807) is 6.92 Å². The SMILES string of the molecule is CCC(C(=O)NCc1ccc(CN2CCCC2)cc1)N(c1ccc(F)c(Cl)c1)S(C)(=O)=O. The fraction of sp³-hybridized carbons (Fsp3) is 0.435. The van der Waals surface area contributed by atoms with Gasteiger partial charge in [0, 0.05) is 13.1 Å². The average molecular weight is 482 g/mol. The number of halogens is 2. The van der Waals surface area contributed by atoms with E-state index in [-0.39, 0.29) is 23.7 Å². The van der Waals surface area contributed by atoms with E-state index in [4.69, 9.17) is 11.6 Å². The third-order valence-corrected chi connectivity index (χ3v) is 7.05. The molecule has 1 unspecified atom stereocenters. The number of carbonyl (C=O) groups excluding carboxylic acids is 1. The molecule has 1 atom stereocenters. The number of hydrogen-bond donors (Lipinski definition) is 1. The minimum atomic E-state index is -3.82. The van der Waals surface area contributed by atoms with Gasteiger partial charge in [0.15, 0.2) is 0 Å². The van der Waals surface area contributed by atoms with E-state index in [0.717, 1.165) is 41.8 Å². The zero-order valence-corrected chi connectivity index (χ0v) is 19.9. The minimum Gasteiger partial charge on any atom is -0.350 e. The van der Waals surface area contributed by atoms with Crippen molar-refractivity contribution < 1.29 is 17.6 Å². The number of hydrogen-bond acceptors (Lipinski definition) is 4. The zero-order chi connectivity index (χ0) is 23.3. The number of nitrogens with one attached hydrogen (secondary N) is 1. The summed E-state index contributed by atoms with van der Waals surface area (Å²) in [4.78, 5) is 15.3. The first-order chi connectivity index (χ1) is 15.2. The Morgan fingerprint density at radius 2 is 1.78 bits per heavy atom. The molecule has 9 heteroatoms. The molecule has 1 N–H and O–H groups in total. The predicted octanol–water partition coefficient (Wildman–Crippen LogP) is 3.94. The molecule has 1 heterocycles. The van der Waals surface area contributed by atoms with Crippen LogP contribution in [0.2, 0.25) is 5.02 Å². The summed E-state index contributed by atoms with van der Waals surface area (Å²) in [7, 11) is -3.82. The highest BCUT2D eigenvalue weighted by molar-refractivity contribution is 7.92. The Morgan fingerprint density at radius 3 is 2.34 bits per heavy atom. The van der Waals surface area contributed by atoms with Gasteiger partial charge in [-0.15, -0.1) is 0 Å². The van der Waals surface area contributed by atoms with Crippen molar-refractivity contribution in [2.24, 2.45) is 0 Å². The Hall–Kier alpha value is -2.16. The highest BCUT2D eigenvalue weighted by Gasteiger charge is 2.31. The maximum Gasteiger partial charge on any atom is 0.244 e. The molecule has 1 aliphatic heterocycles. The van der Waals surface area contributed by atoms with Crippen LogP contribution >= 0.6 is 11.6 Å². The fourth-order valence-corrected chi connectivity index (χ4v) is 5.33. The van der Waals surface area contributed by atoms with Crippen molar-refractivity contribution in [3.05, 3.63) is 64.4 Å². The quantitative estimate of drug-likeness (QED) is 0.589. The Balaban J connectivity index is 1.68. The van der Waals surface area contributed by atoms with E-state index in [9.17, 15) is 17.6 Å². The van der Waals surface area contributed by atoms with Crippen molar-refractivity contribution in [3.63, 3.8) is 0 Å². The van der Waals surface area contributed by atoms with Gasteiger partial charge in [-0.25, -0.2) is 12.8 Å². The Bertz CT molecular complexity index is 1040. The minimum absolute atomic E-state index is 0.146. The molecule has 32 heavy (non-hydrogen) atoms. The molecule has 1 amide bonds. The van der Waals surface area contributed by atoms with Crippen molar-refractivity contribution in [2.75, 3.05) is 23.7 Å². The van der Waals surface area contributed by atoms with Gasteiger partial charge in [0.1, 0.15) is 11.9 Å². The lowest BCUT2D eigenvalue weighted by Gasteiger charge is -2.30. The fourth-order valence-electron chi connectivity index (χ4n) is 3.95. The first-order valence-corrected chi connectivity index (χ1v) is 12.9. The van der Waals surface area contributed by atoms with Crippen LogP contribution in [0.1, 0.15) is 37.3 Å². The lowest BCUT2D eigenvalue weighted by Crippen LogP contribution is -2.49. The molecular weight excluding hydrogens is 453 g/mol. The van der Waals surface area contributed by atoms with Crippen molar-refractivity contribution >= 4 is 33.2 Å². The van der Waals surface area contributed by atoms with E-state index in [1.165, 1.54) is 30.5 Å². The molecule has 2 aromatic carbocycles. The maximum absolute atomic E-state index is 13.6. The van der Waals surface area contributed by atoms with Crippen LogP contribution in [0.25, 0.3) is 0 Å². The van der Waals surface area contributed by atoms with Crippen LogP contribution in [0.5, 0.6) is 0 Å². The van der Waals surface area contributed by atoms with Crippen LogP contribution in [-0.2, 0) is 27.9 Å². The summed E-state index contributed by atoms with van der Waals surface area (Å²) in [5.41, 5.74) is 2.30. The summed E-state index contributed by atoms with van der Waals surface area (Å²) in [5.74, 6) is -1.09. The van der Waals surface area contributed by atoms with Crippen molar-refractivity contribution in [2.45, 2.75) is 45.3 Å². The zero-order valence-electron chi connectivity index (χ0n) is 18.4. The number of rotatable bonds is 9. The smallest absolute Gasteiger partial charge is 0.244 e. The molecule has 0 saturated carbocycles. The van der Waals surface area contributed by atoms with Gasteiger partial charge < -0.3 is 5.32 Å². The monoisotopic (exact) mass is 481 g/mol. The largest absolute Gasteiger partial charge is 0.350 e. The normalized spacial score (nSPS) is 15.5. The summed E-state index contributed by atoms with van der Waals surface area (Å²) >= 11 is 5.84. The maximum atomic E-state index is 13.6. The Labute approximate surface area is 194 Å². The van der Waals surface area contributed by atoms with Crippen molar-refractivity contribution in [3.8, 4) is 0 Å². The molecule has 174 valence electrons. The molecule has 6 nitrogen and oxygen atoms in total. The van der Waals surface area contributed by atoms with Crippen LogP contribution in [0.3, 0.4) is 0 Å². The standard InChI is InChI=1S/C23H29ClFN3O3S/c1-3-22(28(32(2,30)31)19-10-11-21(25)20(24)14-19)23(29)26-15-17-6-8-18(9-7-17)16-27-12-4-5-13-27/h6-11,14,22H,3-5,12-13,15-16H2,1-2H3,(H,26,29). The summed E-state index contributed by atoms with van der Waals surface area (Å²) in [5, 5.41) is 2.62. The number of benzene rings is 2. The second kappa shape index (κ2) is 10.6.